The van der Waals surface area contributed by atoms with Crippen molar-refractivity contribution < 1.29 is 13.9 Å². The molecule has 4 heteroatoms. The van der Waals surface area contributed by atoms with Gasteiger partial charge in [-0.1, -0.05) is 12.1 Å². The largest absolute Gasteiger partial charge is 0.384 e. The molecule has 1 aromatic rings. The molecule has 2 heterocycles. The summed E-state index contributed by atoms with van der Waals surface area (Å²) in [5.41, 5.74) is 1.31. The molecular formula is C16H22FNO2. The number of fused-ring (bicyclic) bond motifs is 1. The Morgan fingerprint density at radius 3 is 2.95 bits per heavy atom. The van der Waals surface area contributed by atoms with E-state index in [2.05, 4.69) is 4.90 Å². The molecule has 0 aromatic heterocycles. The molecule has 2 saturated heterocycles. The minimum absolute atomic E-state index is 0.146. The van der Waals surface area contributed by atoms with Gasteiger partial charge in [-0.25, -0.2) is 4.39 Å². The normalized spacial score (nSPS) is 30.4. The van der Waals surface area contributed by atoms with Crippen LogP contribution in [0.15, 0.2) is 24.3 Å². The SMILES string of the molecule is COC[C@]12CCO[C@H]1CCN(Cc1ccc(F)cc1)C2. The summed E-state index contributed by atoms with van der Waals surface area (Å²) in [7, 11) is 1.77. The van der Waals surface area contributed by atoms with Gasteiger partial charge >= 0.3 is 0 Å². The molecule has 20 heavy (non-hydrogen) atoms. The zero-order chi connectivity index (χ0) is 14.0. The highest BCUT2D eigenvalue weighted by Crippen LogP contribution is 2.41. The van der Waals surface area contributed by atoms with E-state index in [0.717, 1.165) is 51.3 Å². The number of rotatable bonds is 4. The van der Waals surface area contributed by atoms with E-state index >= 15 is 0 Å². The van der Waals surface area contributed by atoms with Gasteiger partial charge in [0.2, 0.25) is 0 Å². The van der Waals surface area contributed by atoms with Gasteiger partial charge in [-0.2, -0.15) is 0 Å². The molecule has 0 amide bonds. The van der Waals surface area contributed by atoms with Crippen LogP contribution in [0.1, 0.15) is 18.4 Å². The molecule has 0 unspecified atom stereocenters. The highest BCUT2D eigenvalue weighted by Gasteiger charge is 2.47. The number of methoxy groups -OCH3 is 1. The second-order valence-corrected chi connectivity index (χ2v) is 6.03. The van der Waals surface area contributed by atoms with Gasteiger partial charge in [0.1, 0.15) is 5.82 Å². The van der Waals surface area contributed by atoms with Crippen molar-refractivity contribution in [1.29, 1.82) is 0 Å². The van der Waals surface area contributed by atoms with E-state index in [1.165, 1.54) is 12.1 Å². The number of halogens is 1. The summed E-state index contributed by atoms with van der Waals surface area (Å²) < 4.78 is 24.3. The Labute approximate surface area is 119 Å². The average Bonchev–Trinajstić information content (AvgIpc) is 2.84. The molecule has 1 aromatic carbocycles. The fourth-order valence-electron chi connectivity index (χ4n) is 3.62. The molecule has 0 N–H and O–H groups in total. The van der Waals surface area contributed by atoms with Crippen molar-refractivity contribution in [2.75, 3.05) is 33.4 Å². The third-order valence-electron chi connectivity index (χ3n) is 4.60. The predicted octanol–water partition coefficient (Wildman–Crippen LogP) is 2.45. The van der Waals surface area contributed by atoms with Crippen molar-refractivity contribution in [3.63, 3.8) is 0 Å². The summed E-state index contributed by atoms with van der Waals surface area (Å²) in [5.74, 6) is -0.174. The second kappa shape index (κ2) is 5.80. The van der Waals surface area contributed by atoms with Crippen LogP contribution in [0.3, 0.4) is 0 Å². The van der Waals surface area contributed by atoms with Crippen LogP contribution in [-0.2, 0) is 16.0 Å². The van der Waals surface area contributed by atoms with E-state index in [-0.39, 0.29) is 11.2 Å². The number of piperidine rings is 1. The molecule has 0 saturated carbocycles. The van der Waals surface area contributed by atoms with E-state index in [0.29, 0.717) is 6.10 Å². The van der Waals surface area contributed by atoms with Crippen molar-refractivity contribution >= 4 is 0 Å². The molecule has 0 aliphatic carbocycles. The number of benzene rings is 1. The predicted molar refractivity (Wildman–Crippen MR) is 75.0 cm³/mol. The van der Waals surface area contributed by atoms with Gasteiger partial charge in [-0.3, -0.25) is 4.90 Å². The van der Waals surface area contributed by atoms with E-state index in [1.54, 1.807) is 7.11 Å². The van der Waals surface area contributed by atoms with Crippen molar-refractivity contribution in [3.05, 3.63) is 35.6 Å². The topological polar surface area (TPSA) is 21.7 Å². The highest BCUT2D eigenvalue weighted by atomic mass is 19.1. The standard InChI is InChI=1S/C16H22FNO2/c1-19-12-16-7-9-20-15(16)6-8-18(11-16)10-13-2-4-14(17)5-3-13/h2-5,15H,6-12H2,1H3/t15-,16+/m0/s1. The number of likely N-dealkylation sites (tertiary alicyclic amines) is 1. The molecule has 2 aliphatic rings. The summed E-state index contributed by atoms with van der Waals surface area (Å²) >= 11 is 0. The van der Waals surface area contributed by atoms with Crippen LogP contribution in [0.5, 0.6) is 0 Å². The molecule has 3 nitrogen and oxygen atoms in total. The van der Waals surface area contributed by atoms with E-state index < -0.39 is 0 Å². The molecule has 2 aliphatic heterocycles. The first kappa shape index (κ1) is 14.0. The first-order chi connectivity index (χ1) is 9.72. The van der Waals surface area contributed by atoms with Gasteiger partial charge in [0.05, 0.1) is 12.7 Å². The molecule has 3 rings (SSSR count). The lowest BCUT2D eigenvalue weighted by Gasteiger charge is -2.43. The second-order valence-electron chi connectivity index (χ2n) is 6.03. The summed E-state index contributed by atoms with van der Waals surface area (Å²) in [6.07, 6.45) is 2.47. The first-order valence-electron chi connectivity index (χ1n) is 7.29. The van der Waals surface area contributed by atoms with Gasteiger partial charge in [0.15, 0.2) is 0 Å². The van der Waals surface area contributed by atoms with Gasteiger partial charge in [-0.05, 0) is 30.5 Å². The lowest BCUT2D eigenvalue weighted by Crippen LogP contribution is -2.51. The fourth-order valence-corrected chi connectivity index (χ4v) is 3.62. The van der Waals surface area contributed by atoms with Gasteiger partial charge in [-0.15, -0.1) is 0 Å². The number of nitrogens with zero attached hydrogens (tertiary/aromatic N) is 1. The van der Waals surface area contributed by atoms with Crippen LogP contribution in [0.2, 0.25) is 0 Å². The maximum Gasteiger partial charge on any atom is 0.123 e. The quantitative estimate of drug-likeness (QED) is 0.845. The lowest BCUT2D eigenvalue weighted by atomic mass is 9.77. The minimum Gasteiger partial charge on any atom is -0.384 e. The summed E-state index contributed by atoms with van der Waals surface area (Å²) in [4.78, 5) is 2.44. The van der Waals surface area contributed by atoms with Crippen LogP contribution in [0, 0.1) is 11.2 Å². The smallest absolute Gasteiger partial charge is 0.123 e. The van der Waals surface area contributed by atoms with Gasteiger partial charge in [0, 0.05) is 38.8 Å². The van der Waals surface area contributed by atoms with Gasteiger partial charge in [0.25, 0.3) is 0 Å². The first-order valence-corrected chi connectivity index (χ1v) is 7.29. The fraction of sp³-hybridized carbons (Fsp3) is 0.625. The van der Waals surface area contributed by atoms with Crippen molar-refractivity contribution in [1.82, 2.24) is 4.90 Å². The van der Waals surface area contributed by atoms with E-state index in [9.17, 15) is 4.39 Å². The zero-order valence-electron chi connectivity index (χ0n) is 12.0. The third kappa shape index (κ3) is 2.73. The van der Waals surface area contributed by atoms with Crippen molar-refractivity contribution in [3.8, 4) is 0 Å². The van der Waals surface area contributed by atoms with Crippen molar-refractivity contribution in [2.45, 2.75) is 25.5 Å². The average molecular weight is 279 g/mol. The monoisotopic (exact) mass is 279 g/mol. The Bertz CT molecular complexity index is 450. The summed E-state index contributed by atoms with van der Waals surface area (Å²) in [5, 5.41) is 0. The van der Waals surface area contributed by atoms with Crippen LogP contribution in [-0.4, -0.2) is 44.4 Å². The molecular weight excluding hydrogens is 257 g/mol. The third-order valence-corrected chi connectivity index (χ3v) is 4.60. The molecule has 2 atom stereocenters. The lowest BCUT2D eigenvalue weighted by molar-refractivity contribution is -0.0557. The number of hydrogen-bond acceptors (Lipinski definition) is 3. The van der Waals surface area contributed by atoms with Crippen LogP contribution in [0.4, 0.5) is 4.39 Å². The Morgan fingerprint density at radius 1 is 1.40 bits per heavy atom. The zero-order valence-corrected chi connectivity index (χ0v) is 12.0. The maximum absolute atomic E-state index is 13.0. The van der Waals surface area contributed by atoms with Crippen LogP contribution in [0.25, 0.3) is 0 Å². The van der Waals surface area contributed by atoms with Crippen LogP contribution < -0.4 is 0 Å². The Kier molecular flexibility index (Phi) is 4.06. The molecule has 0 spiro atoms. The summed E-state index contributed by atoms with van der Waals surface area (Å²) in [6.45, 7) is 4.52. The van der Waals surface area contributed by atoms with Crippen LogP contribution >= 0.6 is 0 Å². The maximum atomic E-state index is 13.0. The number of ether oxygens (including phenoxy) is 2. The highest BCUT2D eigenvalue weighted by molar-refractivity contribution is 5.16. The Balaban J connectivity index is 1.68. The van der Waals surface area contributed by atoms with Gasteiger partial charge < -0.3 is 9.47 Å². The molecule has 2 fully saturated rings. The van der Waals surface area contributed by atoms with E-state index in [4.69, 9.17) is 9.47 Å². The molecule has 110 valence electrons. The van der Waals surface area contributed by atoms with E-state index in [1.807, 2.05) is 12.1 Å². The summed E-state index contributed by atoms with van der Waals surface area (Å²) in [6, 6.07) is 6.81. The molecule has 0 radical (unpaired) electrons. The minimum atomic E-state index is -0.174. The van der Waals surface area contributed by atoms with Crippen molar-refractivity contribution in [2.24, 2.45) is 5.41 Å². The number of hydrogen-bond donors (Lipinski definition) is 0. The Morgan fingerprint density at radius 2 is 2.20 bits per heavy atom. The Hall–Kier alpha value is -0.970. The molecule has 0 bridgehead atoms.